The maximum absolute atomic E-state index is 11.4. The molecular weight excluding hydrogens is 226 g/mol. The highest BCUT2D eigenvalue weighted by atomic mass is 16.5. The van der Waals surface area contributed by atoms with Gasteiger partial charge in [0.15, 0.2) is 5.82 Å². The summed E-state index contributed by atoms with van der Waals surface area (Å²) in [7, 11) is 0. The number of amides is 1. The van der Waals surface area contributed by atoms with Gasteiger partial charge in [0.2, 0.25) is 5.91 Å². The number of nitrogens with zero attached hydrogens (tertiary/aromatic N) is 1. The SMILES string of the molecule is CCCOCCC(=O)Nc1cc(C(=O)O)[nH]n1. The predicted molar refractivity (Wildman–Crippen MR) is 59.9 cm³/mol. The Morgan fingerprint density at radius 2 is 2.29 bits per heavy atom. The van der Waals surface area contributed by atoms with E-state index in [0.29, 0.717) is 13.2 Å². The topological polar surface area (TPSA) is 104 Å². The van der Waals surface area contributed by atoms with Crippen LogP contribution in [0.4, 0.5) is 5.82 Å². The lowest BCUT2D eigenvalue weighted by molar-refractivity contribution is -0.117. The second-order valence-corrected chi connectivity index (χ2v) is 3.38. The number of H-pyrrole nitrogens is 1. The molecule has 0 aliphatic carbocycles. The van der Waals surface area contributed by atoms with Crippen LogP contribution in [0.15, 0.2) is 6.07 Å². The number of hydrogen-bond donors (Lipinski definition) is 3. The van der Waals surface area contributed by atoms with Crippen LogP contribution >= 0.6 is 0 Å². The Bertz CT molecular complexity index is 389. The zero-order chi connectivity index (χ0) is 12.7. The fourth-order valence-corrected chi connectivity index (χ4v) is 1.11. The summed E-state index contributed by atoms with van der Waals surface area (Å²) in [5, 5.41) is 17.0. The number of carbonyl (C=O) groups is 2. The fourth-order valence-electron chi connectivity index (χ4n) is 1.11. The van der Waals surface area contributed by atoms with Crippen LogP contribution in [0.25, 0.3) is 0 Å². The van der Waals surface area contributed by atoms with Crippen molar-refractivity contribution < 1.29 is 19.4 Å². The minimum atomic E-state index is -1.12. The molecule has 0 spiro atoms. The van der Waals surface area contributed by atoms with Crippen molar-refractivity contribution >= 4 is 17.7 Å². The van der Waals surface area contributed by atoms with E-state index in [9.17, 15) is 9.59 Å². The normalized spacial score (nSPS) is 10.2. The molecule has 0 aromatic carbocycles. The van der Waals surface area contributed by atoms with Gasteiger partial charge < -0.3 is 15.2 Å². The van der Waals surface area contributed by atoms with Gasteiger partial charge in [-0.25, -0.2) is 4.79 Å². The third-order valence-electron chi connectivity index (χ3n) is 1.90. The number of nitrogens with one attached hydrogen (secondary N) is 2. The molecule has 3 N–H and O–H groups in total. The Morgan fingerprint density at radius 3 is 2.88 bits per heavy atom. The number of carboxylic acids is 1. The summed E-state index contributed by atoms with van der Waals surface area (Å²) < 4.78 is 5.15. The van der Waals surface area contributed by atoms with E-state index >= 15 is 0 Å². The van der Waals surface area contributed by atoms with Gasteiger partial charge in [0.05, 0.1) is 13.0 Å². The third-order valence-corrected chi connectivity index (χ3v) is 1.90. The monoisotopic (exact) mass is 241 g/mol. The zero-order valence-electron chi connectivity index (χ0n) is 9.52. The van der Waals surface area contributed by atoms with E-state index in [1.54, 1.807) is 0 Å². The second kappa shape index (κ2) is 6.64. The molecular formula is C10H15N3O4. The summed E-state index contributed by atoms with van der Waals surface area (Å²) in [6.07, 6.45) is 1.12. The average molecular weight is 241 g/mol. The van der Waals surface area contributed by atoms with Gasteiger partial charge in [-0.3, -0.25) is 9.89 Å². The third kappa shape index (κ3) is 4.64. The molecule has 7 nitrogen and oxygen atoms in total. The van der Waals surface area contributed by atoms with Crippen molar-refractivity contribution in [2.24, 2.45) is 0 Å². The van der Waals surface area contributed by atoms with E-state index in [1.807, 2.05) is 6.92 Å². The average Bonchev–Trinajstić information content (AvgIpc) is 2.73. The van der Waals surface area contributed by atoms with Crippen LogP contribution in [0.2, 0.25) is 0 Å². The number of carbonyl (C=O) groups excluding carboxylic acids is 1. The summed E-state index contributed by atoms with van der Waals surface area (Å²) in [6, 6.07) is 1.26. The molecule has 0 fully saturated rings. The predicted octanol–water partition coefficient (Wildman–Crippen LogP) is 0.863. The maximum Gasteiger partial charge on any atom is 0.353 e. The van der Waals surface area contributed by atoms with E-state index in [2.05, 4.69) is 15.5 Å². The number of aromatic carboxylic acids is 1. The van der Waals surface area contributed by atoms with Gasteiger partial charge >= 0.3 is 5.97 Å². The van der Waals surface area contributed by atoms with Crippen LogP contribution in [0.1, 0.15) is 30.3 Å². The van der Waals surface area contributed by atoms with Crippen LogP contribution < -0.4 is 5.32 Å². The van der Waals surface area contributed by atoms with Gasteiger partial charge in [0, 0.05) is 12.7 Å². The van der Waals surface area contributed by atoms with Crippen molar-refractivity contribution in [2.75, 3.05) is 18.5 Å². The molecule has 1 aromatic heterocycles. The van der Waals surface area contributed by atoms with Crippen molar-refractivity contribution in [1.82, 2.24) is 10.2 Å². The van der Waals surface area contributed by atoms with Crippen molar-refractivity contribution in [3.8, 4) is 0 Å². The molecule has 7 heteroatoms. The minimum Gasteiger partial charge on any atom is -0.477 e. The number of aromatic nitrogens is 2. The molecule has 94 valence electrons. The fraction of sp³-hybridized carbons (Fsp3) is 0.500. The minimum absolute atomic E-state index is 0.0671. The van der Waals surface area contributed by atoms with Crippen molar-refractivity contribution in [1.29, 1.82) is 0 Å². The molecule has 0 atom stereocenters. The van der Waals surface area contributed by atoms with E-state index in [1.165, 1.54) is 6.07 Å². The molecule has 0 bridgehead atoms. The summed E-state index contributed by atoms with van der Waals surface area (Å²) >= 11 is 0. The number of ether oxygens (including phenoxy) is 1. The Morgan fingerprint density at radius 1 is 1.53 bits per heavy atom. The standard InChI is InChI=1S/C10H15N3O4/c1-2-4-17-5-3-9(14)11-8-6-7(10(15)16)12-13-8/h6H,2-5H2,1H3,(H,15,16)(H2,11,12,13,14). The highest BCUT2D eigenvalue weighted by Gasteiger charge is 2.09. The molecule has 1 aromatic rings. The highest BCUT2D eigenvalue weighted by molar-refractivity contribution is 5.92. The van der Waals surface area contributed by atoms with Crippen LogP contribution in [0.3, 0.4) is 0 Å². The number of aromatic amines is 1. The molecule has 0 saturated carbocycles. The van der Waals surface area contributed by atoms with Gasteiger partial charge in [-0.2, -0.15) is 5.10 Å². The summed E-state index contributed by atoms with van der Waals surface area (Å²) in [6.45, 7) is 2.95. The van der Waals surface area contributed by atoms with Gasteiger partial charge in [-0.15, -0.1) is 0 Å². The molecule has 0 aliphatic rings. The second-order valence-electron chi connectivity index (χ2n) is 3.38. The Hall–Kier alpha value is -1.89. The Balaban J connectivity index is 2.32. The Kier molecular flexibility index (Phi) is 5.15. The molecule has 1 amide bonds. The first-order valence-electron chi connectivity index (χ1n) is 5.29. The molecule has 0 saturated heterocycles. The summed E-state index contributed by atoms with van der Waals surface area (Å²) in [5.41, 5.74) is -0.0671. The summed E-state index contributed by atoms with van der Waals surface area (Å²) in [5.74, 6) is -1.18. The van der Waals surface area contributed by atoms with E-state index in [4.69, 9.17) is 9.84 Å². The van der Waals surface area contributed by atoms with Crippen LogP contribution in [-0.2, 0) is 9.53 Å². The molecule has 17 heavy (non-hydrogen) atoms. The lowest BCUT2D eigenvalue weighted by atomic mass is 10.4. The van der Waals surface area contributed by atoms with Crippen molar-refractivity contribution in [3.63, 3.8) is 0 Å². The van der Waals surface area contributed by atoms with E-state index < -0.39 is 5.97 Å². The number of hydrogen-bond acceptors (Lipinski definition) is 4. The van der Waals surface area contributed by atoms with Crippen LogP contribution in [0.5, 0.6) is 0 Å². The number of anilines is 1. The quantitative estimate of drug-likeness (QED) is 0.614. The van der Waals surface area contributed by atoms with Crippen LogP contribution in [0, 0.1) is 0 Å². The van der Waals surface area contributed by atoms with Gasteiger partial charge in [-0.05, 0) is 6.42 Å². The van der Waals surface area contributed by atoms with Crippen molar-refractivity contribution in [3.05, 3.63) is 11.8 Å². The summed E-state index contributed by atoms with van der Waals surface area (Å²) in [4.78, 5) is 21.9. The van der Waals surface area contributed by atoms with Gasteiger partial charge in [0.1, 0.15) is 5.69 Å². The first-order chi connectivity index (χ1) is 8.13. The molecule has 0 radical (unpaired) electrons. The number of rotatable bonds is 7. The smallest absolute Gasteiger partial charge is 0.353 e. The van der Waals surface area contributed by atoms with E-state index in [-0.39, 0.29) is 23.8 Å². The van der Waals surface area contributed by atoms with Gasteiger partial charge in [-0.1, -0.05) is 6.92 Å². The number of carboxylic acid groups (broad SMARTS) is 1. The lowest BCUT2D eigenvalue weighted by Crippen LogP contribution is -2.14. The van der Waals surface area contributed by atoms with E-state index in [0.717, 1.165) is 6.42 Å². The van der Waals surface area contributed by atoms with Crippen LogP contribution in [-0.4, -0.2) is 40.4 Å². The molecule has 0 unspecified atom stereocenters. The lowest BCUT2D eigenvalue weighted by Gasteiger charge is -2.02. The zero-order valence-corrected chi connectivity index (χ0v) is 9.52. The Labute approximate surface area is 98.2 Å². The molecule has 1 rings (SSSR count). The van der Waals surface area contributed by atoms with Gasteiger partial charge in [0.25, 0.3) is 0 Å². The highest BCUT2D eigenvalue weighted by Crippen LogP contribution is 2.05. The molecule has 0 aliphatic heterocycles. The largest absolute Gasteiger partial charge is 0.477 e. The molecule has 1 heterocycles. The van der Waals surface area contributed by atoms with Crippen molar-refractivity contribution in [2.45, 2.75) is 19.8 Å². The first kappa shape index (κ1) is 13.2. The maximum atomic E-state index is 11.4. The first-order valence-corrected chi connectivity index (χ1v) is 5.29.